The van der Waals surface area contributed by atoms with Crippen molar-refractivity contribution in [2.24, 2.45) is 0 Å². The van der Waals surface area contributed by atoms with Crippen molar-refractivity contribution in [3.05, 3.63) is 42.1 Å². The average Bonchev–Trinajstić information content (AvgIpc) is 2.76. The van der Waals surface area contributed by atoms with Gasteiger partial charge in [0.15, 0.2) is 0 Å². The minimum Gasteiger partial charge on any atom is -0.462 e. The van der Waals surface area contributed by atoms with Crippen molar-refractivity contribution in [1.82, 2.24) is 14.8 Å². The van der Waals surface area contributed by atoms with Crippen molar-refractivity contribution in [2.75, 3.05) is 6.61 Å². The van der Waals surface area contributed by atoms with Crippen LogP contribution in [0.5, 0.6) is 0 Å². The van der Waals surface area contributed by atoms with Gasteiger partial charge in [-0.3, -0.25) is 0 Å². The Hall–Kier alpha value is -2.43. The van der Waals surface area contributed by atoms with Gasteiger partial charge >= 0.3 is 5.97 Å². The maximum absolute atomic E-state index is 11.7. The Morgan fingerprint density at radius 3 is 3.11 bits per heavy atom. The van der Waals surface area contributed by atoms with Crippen LogP contribution in [-0.4, -0.2) is 27.4 Å². The molecule has 0 saturated heterocycles. The first-order chi connectivity index (χ1) is 8.79. The van der Waals surface area contributed by atoms with Crippen molar-refractivity contribution < 1.29 is 9.53 Å². The first-order valence-electron chi connectivity index (χ1n) is 5.70. The monoisotopic (exact) mass is 241 g/mol. The van der Waals surface area contributed by atoms with Crippen molar-refractivity contribution in [1.29, 1.82) is 0 Å². The molecule has 3 aromatic rings. The van der Waals surface area contributed by atoms with E-state index in [9.17, 15) is 4.79 Å². The Bertz CT molecular complexity index is 733. The summed E-state index contributed by atoms with van der Waals surface area (Å²) in [5, 5.41) is 9.33. The zero-order valence-electron chi connectivity index (χ0n) is 9.83. The number of nitrogens with zero attached hydrogens (tertiary/aromatic N) is 3. The molecule has 0 atom stereocenters. The van der Waals surface area contributed by atoms with Crippen LogP contribution in [0.1, 0.15) is 17.3 Å². The summed E-state index contributed by atoms with van der Waals surface area (Å²) in [5.41, 5.74) is 2.21. The molecule has 3 rings (SSSR count). The van der Waals surface area contributed by atoms with Gasteiger partial charge in [0.25, 0.3) is 0 Å². The summed E-state index contributed by atoms with van der Waals surface area (Å²) in [4.78, 5) is 11.7. The number of ether oxygens (including phenoxy) is 1. The van der Waals surface area contributed by atoms with Gasteiger partial charge in [0.1, 0.15) is 0 Å². The molecule has 2 aromatic heterocycles. The van der Waals surface area contributed by atoms with Crippen LogP contribution in [0.3, 0.4) is 0 Å². The highest BCUT2D eigenvalue weighted by Gasteiger charge is 2.10. The van der Waals surface area contributed by atoms with E-state index < -0.39 is 0 Å². The van der Waals surface area contributed by atoms with E-state index in [0.717, 1.165) is 16.4 Å². The summed E-state index contributed by atoms with van der Waals surface area (Å²) in [7, 11) is 0. The van der Waals surface area contributed by atoms with Crippen LogP contribution in [-0.2, 0) is 4.74 Å². The Morgan fingerprint density at radius 2 is 2.28 bits per heavy atom. The van der Waals surface area contributed by atoms with Gasteiger partial charge < -0.3 is 4.74 Å². The molecule has 0 aliphatic rings. The van der Waals surface area contributed by atoms with Crippen LogP contribution in [0.15, 0.2) is 36.5 Å². The van der Waals surface area contributed by atoms with Gasteiger partial charge in [0, 0.05) is 11.6 Å². The van der Waals surface area contributed by atoms with Gasteiger partial charge in [-0.05, 0) is 37.3 Å². The molecule has 0 unspecified atom stereocenters. The third-order valence-electron chi connectivity index (χ3n) is 2.72. The first kappa shape index (κ1) is 10.7. The van der Waals surface area contributed by atoms with E-state index in [1.807, 2.05) is 12.1 Å². The molecular formula is C13H11N3O2. The largest absolute Gasteiger partial charge is 0.462 e. The molecule has 90 valence electrons. The van der Waals surface area contributed by atoms with E-state index in [-0.39, 0.29) is 5.97 Å². The Labute approximate surface area is 103 Å². The lowest BCUT2D eigenvalue weighted by Crippen LogP contribution is -2.03. The van der Waals surface area contributed by atoms with Gasteiger partial charge in [0.05, 0.1) is 23.2 Å². The third kappa shape index (κ3) is 1.60. The Morgan fingerprint density at radius 1 is 1.39 bits per heavy atom. The number of benzene rings is 1. The Kier molecular flexibility index (Phi) is 2.44. The molecule has 0 bridgehead atoms. The van der Waals surface area contributed by atoms with Crippen LogP contribution < -0.4 is 0 Å². The lowest BCUT2D eigenvalue weighted by atomic mass is 10.1. The minimum atomic E-state index is -0.317. The van der Waals surface area contributed by atoms with Gasteiger partial charge in [0.2, 0.25) is 0 Å². The van der Waals surface area contributed by atoms with Crippen LogP contribution in [0.2, 0.25) is 0 Å². The lowest BCUT2D eigenvalue weighted by molar-refractivity contribution is 0.0526. The molecule has 0 saturated carbocycles. The number of carbonyl (C=O) groups excluding carboxylic acids is 1. The number of rotatable bonds is 2. The second-order valence-electron chi connectivity index (χ2n) is 3.85. The SMILES string of the molecule is CCOC(=O)c1ccc2nn3ncccc3c2c1. The van der Waals surface area contributed by atoms with Crippen LogP contribution >= 0.6 is 0 Å². The van der Waals surface area contributed by atoms with Crippen LogP contribution in [0.4, 0.5) is 0 Å². The van der Waals surface area contributed by atoms with E-state index >= 15 is 0 Å². The van der Waals surface area contributed by atoms with Crippen LogP contribution in [0, 0.1) is 0 Å². The quantitative estimate of drug-likeness (QED) is 0.644. The van der Waals surface area contributed by atoms with E-state index in [0.29, 0.717) is 12.2 Å². The molecule has 18 heavy (non-hydrogen) atoms. The fourth-order valence-corrected chi connectivity index (χ4v) is 1.91. The first-order valence-corrected chi connectivity index (χ1v) is 5.70. The topological polar surface area (TPSA) is 56.5 Å². The highest BCUT2D eigenvalue weighted by molar-refractivity contribution is 6.00. The molecule has 0 amide bonds. The van der Waals surface area contributed by atoms with E-state index in [2.05, 4.69) is 10.2 Å². The summed E-state index contributed by atoms with van der Waals surface area (Å²) in [6.45, 7) is 2.16. The maximum atomic E-state index is 11.7. The fourth-order valence-electron chi connectivity index (χ4n) is 1.91. The van der Waals surface area contributed by atoms with Crippen LogP contribution in [0.25, 0.3) is 16.4 Å². The second-order valence-corrected chi connectivity index (χ2v) is 3.85. The number of carbonyl (C=O) groups is 1. The minimum absolute atomic E-state index is 0.317. The molecule has 5 nitrogen and oxygen atoms in total. The third-order valence-corrected chi connectivity index (χ3v) is 2.72. The van der Waals surface area contributed by atoms with Gasteiger partial charge in [-0.15, -0.1) is 5.10 Å². The normalized spacial score (nSPS) is 10.9. The molecule has 0 N–H and O–H groups in total. The number of aromatic nitrogens is 3. The molecule has 0 aliphatic heterocycles. The molecular weight excluding hydrogens is 230 g/mol. The summed E-state index contributed by atoms with van der Waals surface area (Å²) in [6, 6.07) is 9.06. The smallest absolute Gasteiger partial charge is 0.338 e. The molecule has 0 spiro atoms. The number of fused-ring (bicyclic) bond motifs is 3. The standard InChI is InChI=1S/C13H11N3O2/c1-2-18-13(17)9-5-6-11-10(8-9)12-4-3-7-14-16(12)15-11/h3-8H,2H2,1H3. The maximum Gasteiger partial charge on any atom is 0.338 e. The molecule has 5 heteroatoms. The number of hydrogen-bond acceptors (Lipinski definition) is 4. The molecule has 0 aliphatic carbocycles. The highest BCUT2D eigenvalue weighted by atomic mass is 16.5. The summed E-state index contributed by atoms with van der Waals surface area (Å²) < 4.78 is 6.54. The van der Waals surface area contributed by atoms with E-state index in [4.69, 9.17) is 4.74 Å². The molecule has 0 fully saturated rings. The van der Waals surface area contributed by atoms with Gasteiger partial charge in [-0.25, -0.2) is 4.79 Å². The zero-order chi connectivity index (χ0) is 12.5. The van der Waals surface area contributed by atoms with E-state index in [1.165, 1.54) is 0 Å². The van der Waals surface area contributed by atoms with Crippen molar-refractivity contribution in [3.8, 4) is 0 Å². The molecule has 0 radical (unpaired) electrons. The Balaban J connectivity index is 2.21. The second kappa shape index (κ2) is 4.10. The summed E-state index contributed by atoms with van der Waals surface area (Å²) in [5.74, 6) is -0.317. The lowest BCUT2D eigenvalue weighted by Gasteiger charge is -2.00. The van der Waals surface area contributed by atoms with Gasteiger partial charge in [-0.2, -0.15) is 9.73 Å². The van der Waals surface area contributed by atoms with Crippen molar-refractivity contribution >= 4 is 22.4 Å². The molecule has 1 aromatic carbocycles. The fraction of sp³-hybridized carbons (Fsp3) is 0.154. The summed E-state index contributed by atoms with van der Waals surface area (Å²) >= 11 is 0. The van der Waals surface area contributed by atoms with Gasteiger partial charge in [-0.1, -0.05) is 0 Å². The highest BCUT2D eigenvalue weighted by Crippen LogP contribution is 2.20. The average molecular weight is 241 g/mol. The molecule has 2 heterocycles. The zero-order valence-corrected chi connectivity index (χ0v) is 9.83. The van der Waals surface area contributed by atoms with Crippen molar-refractivity contribution in [2.45, 2.75) is 6.92 Å². The predicted octanol–water partition coefficient (Wildman–Crippen LogP) is 2.06. The summed E-state index contributed by atoms with van der Waals surface area (Å²) in [6.07, 6.45) is 1.67. The number of hydrogen-bond donors (Lipinski definition) is 0. The predicted molar refractivity (Wildman–Crippen MR) is 66.4 cm³/mol. The van der Waals surface area contributed by atoms with E-state index in [1.54, 1.807) is 35.9 Å². The van der Waals surface area contributed by atoms with Crippen molar-refractivity contribution in [3.63, 3.8) is 0 Å². The number of esters is 1.